The van der Waals surface area contributed by atoms with Gasteiger partial charge in [-0.2, -0.15) is 0 Å². The second-order valence-electron chi connectivity index (χ2n) is 11.9. The van der Waals surface area contributed by atoms with Crippen LogP contribution >= 0.6 is 0 Å². The number of hydrogen-bond donors (Lipinski definition) is 2. The molecule has 2 nitrogen and oxygen atoms in total. The van der Waals surface area contributed by atoms with E-state index in [0.717, 1.165) is 48.3 Å². The predicted molar refractivity (Wildman–Crippen MR) is 118 cm³/mol. The first-order valence-electron chi connectivity index (χ1n) is 12.3. The van der Waals surface area contributed by atoms with Crippen molar-refractivity contribution >= 4 is 0 Å². The molecule has 0 heterocycles. The lowest BCUT2D eigenvalue weighted by Crippen LogP contribution is -2.47. The number of allylic oxidation sites excluding steroid dienone is 1. The molecule has 28 heavy (non-hydrogen) atoms. The van der Waals surface area contributed by atoms with Gasteiger partial charge in [0.1, 0.15) is 0 Å². The minimum Gasteiger partial charge on any atom is -0.393 e. The van der Waals surface area contributed by atoms with Crippen LogP contribution in [0.15, 0.2) is 11.6 Å². The second-order valence-corrected chi connectivity index (χ2v) is 11.9. The minimum absolute atomic E-state index is 0.0634. The average molecular weight is 388 g/mol. The molecule has 5 unspecified atom stereocenters. The Morgan fingerprint density at radius 1 is 1.18 bits per heavy atom. The molecule has 4 aliphatic rings. The Morgan fingerprint density at radius 3 is 2.71 bits per heavy atom. The van der Waals surface area contributed by atoms with Crippen LogP contribution in [0.25, 0.3) is 0 Å². The smallest absolute Gasteiger partial charge is 0.0577 e. The van der Waals surface area contributed by atoms with E-state index in [-0.39, 0.29) is 11.6 Å². The second kappa shape index (κ2) is 7.73. The molecule has 3 fully saturated rings. The number of aliphatic hydroxyl groups is 1. The van der Waals surface area contributed by atoms with Crippen molar-refractivity contribution in [3.8, 4) is 0 Å². The summed E-state index contributed by atoms with van der Waals surface area (Å²) in [6.07, 6.45) is 15.5. The van der Waals surface area contributed by atoms with Gasteiger partial charge >= 0.3 is 0 Å². The Balaban J connectivity index is 1.46. The van der Waals surface area contributed by atoms with E-state index in [0.29, 0.717) is 5.41 Å². The van der Waals surface area contributed by atoms with Crippen LogP contribution in [0.3, 0.4) is 0 Å². The molecule has 3 saturated carbocycles. The number of nitrogens with one attached hydrogen (secondary N) is 1. The van der Waals surface area contributed by atoms with E-state index in [1.165, 1.54) is 51.4 Å². The Kier molecular flexibility index (Phi) is 5.77. The predicted octanol–water partition coefficient (Wildman–Crippen LogP) is 5.95. The fraction of sp³-hybridized carbons (Fsp3) is 0.923. The van der Waals surface area contributed by atoms with Crippen LogP contribution in [-0.4, -0.2) is 23.8 Å². The van der Waals surface area contributed by atoms with Crippen molar-refractivity contribution in [3.05, 3.63) is 11.6 Å². The van der Waals surface area contributed by atoms with Crippen molar-refractivity contribution in [1.82, 2.24) is 5.32 Å². The topological polar surface area (TPSA) is 32.3 Å². The molecule has 160 valence electrons. The van der Waals surface area contributed by atoms with Crippen molar-refractivity contribution < 1.29 is 5.11 Å². The zero-order chi connectivity index (χ0) is 20.1. The molecule has 0 aliphatic heterocycles. The molecule has 0 aromatic carbocycles. The molecular formula is C26H45NO. The van der Waals surface area contributed by atoms with Crippen LogP contribution in [0, 0.1) is 40.9 Å². The van der Waals surface area contributed by atoms with E-state index in [2.05, 4.69) is 46.1 Å². The summed E-state index contributed by atoms with van der Waals surface area (Å²) in [5.41, 5.74) is 2.46. The minimum atomic E-state index is -0.0634. The SMILES string of the molecule is CNC(C)(C)CCC(C)C1CCC2C3CC=C4C[C@@H](O)CC[C@@H]4C3CC[C@]12C. The number of rotatable bonds is 5. The maximum absolute atomic E-state index is 10.1. The summed E-state index contributed by atoms with van der Waals surface area (Å²) >= 11 is 0. The average Bonchev–Trinajstić information content (AvgIpc) is 3.03. The Morgan fingerprint density at radius 2 is 1.96 bits per heavy atom. The first kappa shape index (κ1) is 20.9. The van der Waals surface area contributed by atoms with Gasteiger partial charge in [0.15, 0.2) is 0 Å². The van der Waals surface area contributed by atoms with Crippen LogP contribution in [0.1, 0.15) is 91.9 Å². The first-order valence-corrected chi connectivity index (χ1v) is 12.3. The van der Waals surface area contributed by atoms with Gasteiger partial charge in [-0.3, -0.25) is 0 Å². The van der Waals surface area contributed by atoms with Crippen LogP contribution in [0.4, 0.5) is 0 Å². The number of fused-ring (bicyclic) bond motifs is 5. The van der Waals surface area contributed by atoms with Crippen molar-refractivity contribution in [2.24, 2.45) is 40.9 Å². The zero-order valence-corrected chi connectivity index (χ0v) is 19.1. The molecule has 2 heteroatoms. The number of hydrogen-bond acceptors (Lipinski definition) is 2. The third kappa shape index (κ3) is 3.62. The lowest BCUT2D eigenvalue weighted by Gasteiger charge is -2.54. The molecule has 4 rings (SSSR count). The summed E-state index contributed by atoms with van der Waals surface area (Å²) in [7, 11) is 2.11. The fourth-order valence-electron chi connectivity index (χ4n) is 8.14. The van der Waals surface area contributed by atoms with Crippen molar-refractivity contribution in [2.75, 3.05) is 7.05 Å². The van der Waals surface area contributed by atoms with Gasteiger partial charge in [-0.05, 0) is 126 Å². The molecule has 0 aromatic heterocycles. The molecule has 0 saturated heterocycles. The molecule has 2 N–H and O–H groups in total. The van der Waals surface area contributed by atoms with Crippen molar-refractivity contribution in [2.45, 2.75) is 104 Å². The third-order valence-corrected chi connectivity index (χ3v) is 10.1. The van der Waals surface area contributed by atoms with Crippen LogP contribution in [0.5, 0.6) is 0 Å². The van der Waals surface area contributed by atoms with Gasteiger partial charge in [-0.1, -0.05) is 25.5 Å². The molecular weight excluding hydrogens is 342 g/mol. The molecule has 0 spiro atoms. The monoisotopic (exact) mass is 387 g/mol. The quantitative estimate of drug-likeness (QED) is 0.571. The largest absolute Gasteiger partial charge is 0.393 e. The van der Waals surface area contributed by atoms with Gasteiger partial charge < -0.3 is 10.4 Å². The highest BCUT2D eigenvalue weighted by atomic mass is 16.3. The third-order valence-electron chi connectivity index (χ3n) is 10.1. The Labute approximate surface area is 173 Å². The zero-order valence-electron chi connectivity index (χ0n) is 19.1. The highest BCUT2D eigenvalue weighted by Crippen LogP contribution is 2.64. The van der Waals surface area contributed by atoms with Crippen LogP contribution < -0.4 is 5.32 Å². The maximum atomic E-state index is 10.1. The van der Waals surface area contributed by atoms with Gasteiger partial charge in [-0.15, -0.1) is 0 Å². The van der Waals surface area contributed by atoms with E-state index >= 15 is 0 Å². The standard InChI is InChI=1S/C26H45NO/c1-17(12-14-25(2,3)27-5)23-10-11-24-22-8-6-18-16-19(28)7-9-20(18)21(22)13-15-26(23,24)4/h6,17,19-24,27-28H,7-16H2,1-5H3/t17?,19-,20-,21?,22?,23?,24?,26+/m0/s1. The summed E-state index contributed by atoms with van der Waals surface area (Å²) in [5, 5.41) is 13.6. The van der Waals surface area contributed by atoms with Crippen molar-refractivity contribution in [1.29, 1.82) is 0 Å². The first-order chi connectivity index (χ1) is 13.2. The van der Waals surface area contributed by atoms with E-state index in [1.54, 1.807) is 5.57 Å². The number of aliphatic hydroxyl groups excluding tert-OH is 1. The van der Waals surface area contributed by atoms with Gasteiger partial charge in [-0.25, -0.2) is 0 Å². The highest BCUT2D eigenvalue weighted by Gasteiger charge is 2.56. The summed E-state index contributed by atoms with van der Waals surface area (Å²) in [4.78, 5) is 0. The van der Waals surface area contributed by atoms with E-state index in [9.17, 15) is 5.11 Å². The van der Waals surface area contributed by atoms with Gasteiger partial charge in [0.2, 0.25) is 0 Å². The van der Waals surface area contributed by atoms with E-state index in [4.69, 9.17) is 0 Å². The van der Waals surface area contributed by atoms with E-state index in [1.807, 2.05) is 0 Å². The van der Waals surface area contributed by atoms with Gasteiger partial charge in [0.05, 0.1) is 6.10 Å². The summed E-state index contributed by atoms with van der Waals surface area (Å²) < 4.78 is 0. The van der Waals surface area contributed by atoms with Crippen molar-refractivity contribution in [3.63, 3.8) is 0 Å². The summed E-state index contributed by atoms with van der Waals surface area (Å²) in [6.45, 7) is 9.92. The van der Waals surface area contributed by atoms with Gasteiger partial charge in [0.25, 0.3) is 0 Å². The fourth-order valence-corrected chi connectivity index (χ4v) is 8.14. The molecule has 0 radical (unpaired) electrons. The Bertz CT molecular complexity index is 595. The Hall–Kier alpha value is -0.340. The molecule has 0 bridgehead atoms. The lowest BCUT2D eigenvalue weighted by atomic mass is 9.51. The molecule has 0 amide bonds. The molecule has 4 aliphatic carbocycles. The highest BCUT2D eigenvalue weighted by molar-refractivity contribution is 5.20. The lowest BCUT2D eigenvalue weighted by molar-refractivity contribution is -0.0298. The summed E-state index contributed by atoms with van der Waals surface area (Å²) in [6, 6.07) is 0. The maximum Gasteiger partial charge on any atom is 0.0577 e. The summed E-state index contributed by atoms with van der Waals surface area (Å²) in [5.74, 6) is 5.36. The van der Waals surface area contributed by atoms with E-state index < -0.39 is 0 Å². The van der Waals surface area contributed by atoms with Crippen LogP contribution in [0.2, 0.25) is 0 Å². The normalized spacial score (nSPS) is 44.3. The molecule has 0 aromatic rings. The molecule has 8 atom stereocenters. The van der Waals surface area contributed by atoms with Crippen LogP contribution in [-0.2, 0) is 0 Å². The van der Waals surface area contributed by atoms with Gasteiger partial charge in [0, 0.05) is 5.54 Å².